The van der Waals surface area contributed by atoms with Crippen molar-refractivity contribution >= 4 is 35.3 Å². The maximum absolute atomic E-state index is 9.21. The molecule has 0 aliphatic carbocycles. The molecule has 0 aromatic heterocycles. The molecule has 1 nitrogen and oxygen atoms in total. The van der Waals surface area contributed by atoms with Gasteiger partial charge in [-0.2, -0.15) is 11.1 Å². The van der Waals surface area contributed by atoms with Crippen LogP contribution < -0.4 is 0 Å². The minimum absolute atomic E-state index is 0.361. The molecule has 0 aliphatic heterocycles. The lowest BCUT2D eigenvalue weighted by molar-refractivity contribution is -0.109. The van der Waals surface area contributed by atoms with E-state index in [1.54, 1.807) is 0 Å². The molecule has 0 aliphatic rings. The van der Waals surface area contributed by atoms with E-state index in [9.17, 15) is 4.79 Å². The fourth-order valence-electron chi connectivity index (χ4n) is 0. The first kappa shape index (κ1) is 12.2. The van der Waals surface area contributed by atoms with Gasteiger partial charge in [-0.1, -0.05) is 19.6 Å². The van der Waals surface area contributed by atoms with Crippen molar-refractivity contribution in [2.75, 3.05) is 0 Å². The third-order valence-corrected chi connectivity index (χ3v) is 0. The number of carbonyl (C=O) groups excluding carboxylic acids is 1. The predicted molar refractivity (Wildman–Crippen MR) is 45.7 cm³/mol. The summed E-state index contributed by atoms with van der Waals surface area (Å²) in [6.45, 7) is 7.57. The van der Waals surface area contributed by atoms with E-state index in [1.165, 1.54) is 6.92 Å². The number of rotatable bonds is 0. The molecule has 4 heteroatoms. The van der Waals surface area contributed by atoms with Gasteiger partial charge >= 0.3 is 0 Å². The molecule has 0 atom stereocenters. The van der Waals surface area contributed by atoms with Gasteiger partial charge in [0, 0.05) is 6.92 Å². The first-order valence-corrected chi connectivity index (χ1v) is 7.47. The molecule has 0 saturated carbocycles. The molecule has 0 heterocycles. The molecule has 0 fully saturated rings. The van der Waals surface area contributed by atoms with Crippen LogP contribution in [0.15, 0.2) is 0 Å². The van der Waals surface area contributed by atoms with Crippen LogP contribution in [0.3, 0.4) is 0 Å². The number of halogens is 2. The normalized spacial score (nSPS) is 9.56. The molecule has 0 radical (unpaired) electrons. The van der Waals surface area contributed by atoms with E-state index < -0.39 is 7.38 Å². The molecule has 56 valence electrons. The van der Waals surface area contributed by atoms with E-state index in [4.69, 9.17) is 11.1 Å². The molecular weight excluding hydrogens is 175 g/mol. The molecule has 0 bridgehead atoms. The summed E-state index contributed by atoms with van der Waals surface area (Å²) in [6, 6.07) is 0. The van der Waals surface area contributed by atoms with Gasteiger partial charge in [0.15, 0.2) is 0 Å². The van der Waals surface area contributed by atoms with Gasteiger partial charge in [-0.3, -0.25) is 4.79 Å². The SMILES string of the molecule is CC(=O)Cl.C[Si](C)(C)Cl. The smallest absolute Gasteiger partial charge is 0.218 e. The molecule has 0 unspecified atom stereocenters. The van der Waals surface area contributed by atoms with Crippen molar-refractivity contribution in [2.24, 2.45) is 0 Å². The molecule has 0 rings (SSSR count). The fourth-order valence-corrected chi connectivity index (χ4v) is 0. The van der Waals surface area contributed by atoms with Crippen LogP contribution in [-0.2, 0) is 4.79 Å². The standard InChI is InChI=1S/C3H9ClSi.C2H3ClO/c1-5(2,3)4;1-2(3)4/h1-3H3;1H3. The molecule has 0 saturated heterocycles. The number of carbonyl (C=O) groups is 1. The zero-order chi connectivity index (χ0) is 8.08. The second-order valence-electron chi connectivity index (χ2n) is 2.54. The van der Waals surface area contributed by atoms with Gasteiger partial charge in [0.2, 0.25) is 5.24 Å². The Morgan fingerprint density at radius 3 is 1.33 bits per heavy atom. The second-order valence-corrected chi connectivity index (χ2v) is 10.6. The Labute approximate surface area is 67.1 Å². The average Bonchev–Trinajstić information content (AvgIpc) is 1.19. The van der Waals surface area contributed by atoms with Gasteiger partial charge in [-0.05, 0) is 11.6 Å². The van der Waals surface area contributed by atoms with Crippen LogP contribution in [-0.4, -0.2) is 12.6 Å². The monoisotopic (exact) mass is 186 g/mol. The number of hydrogen-bond acceptors (Lipinski definition) is 1. The fraction of sp³-hybridized carbons (Fsp3) is 0.800. The van der Waals surface area contributed by atoms with Crippen molar-refractivity contribution < 1.29 is 4.79 Å². The summed E-state index contributed by atoms with van der Waals surface area (Å²) in [4.78, 5) is 9.21. The third-order valence-electron chi connectivity index (χ3n) is 0. The predicted octanol–water partition coefficient (Wildman–Crippen LogP) is 2.83. The van der Waals surface area contributed by atoms with E-state index >= 15 is 0 Å². The van der Waals surface area contributed by atoms with Crippen molar-refractivity contribution in [1.82, 2.24) is 0 Å². The second kappa shape index (κ2) is 5.27. The van der Waals surface area contributed by atoms with Gasteiger partial charge in [0.05, 0.1) is 0 Å². The van der Waals surface area contributed by atoms with Gasteiger partial charge in [0.25, 0.3) is 0 Å². The van der Waals surface area contributed by atoms with E-state index in [-0.39, 0.29) is 5.24 Å². The van der Waals surface area contributed by atoms with E-state index in [1.807, 2.05) is 0 Å². The van der Waals surface area contributed by atoms with Gasteiger partial charge < -0.3 is 0 Å². The van der Waals surface area contributed by atoms with Gasteiger partial charge in [-0.15, -0.1) is 0 Å². The van der Waals surface area contributed by atoms with E-state index in [2.05, 4.69) is 31.2 Å². The van der Waals surface area contributed by atoms with Crippen molar-refractivity contribution in [2.45, 2.75) is 26.6 Å². The van der Waals surface area contributed by atoms with Crippen LogP contribution in [0.25, 0.3) is 0 Å². The molecule has 0 spiro atoms. The summed E-state index contributed by atoms with van der Waals surface area (Å²) < 4.78 is 0. The zero-order valence-corrected chi connectivity index (χ0v) is 8.68. The largest absolute Gasteiger partial charge is 0.282 e. The lowest BCUT2D eigenvalue weighted by atomic mass is 10.9. The van der Waals surface area contributed by atoms with Crippen LogP contribution in [0.5, 0.6) is 0 Å². The highest BCUT2D eigenvalue weighted by molar-refractivity contribution is 7.18. The third kappa shape index (κ3) is 1620. The Morgan fingerprint density at radius 1 is 1.33 bits per heavy atom. The topological polar surface area (TPSA) is 17.1 Å². The van der Waals surface area contributed by atoms with Crippen LogP contribution in [0.4, 0.5) is 0 Å². The quantitative estimate of drug-likeness (QED) is 0.323. The summed E-state index contributed by atoms with van der Waals surface area (Å²) in [5, 5.41) is -0.361. The van der Waals surface area contributed by atoms with E-state index in [0.717, 1.165) is 0 Å². The van der Waals surface area contributed by atoms with Crippen LogP contribution in [0.1, 0.15) is 6.92 Å². The summed E-state index contributed by atoms with van der Waals surface area (Å²) in [5.41, 5.74) is 0. The maximum atomic E-state index is 9.21. The summed E-state index contributed by atoms with van der Waals surface area (Å²) in [7, 11) is -1.14. The molecule has 0 N–H and O–H groups in total. The van der Waals surface area contributed by atoms with Crippen LogP contribution >= 0.6 is 22.7 Å². The van der Waals surface area contributed by atoms with Crippen molar-refractivity contribution in [1.29, 1.82) is 0 Å². The minimum atomic E-state index is -1.14. The van der Waals surface area contributed by atoms with E-state index in [0.29, 0.717) is 0 Å². The summed E-state index contributed by atoms with van der Waals surface area (Å²) in [6.07, 6.45) is 0. The van der Waals surface area contributed by atoms with Crippen LogP contribution in [0, 0.1) is 0 Å². The summed E-state index contributed by atoms with van der Waals surface area (Å²) >= 11 is 10.3. The lowest BCUT2D eigenvalue weighted by Crippen LogP contribution is -2.06. The Hall–Kier alpha value is 0.467. The molecule has 9 heavy (non-hydrogen) atoms. The molecular formula is C5H12Cl2OSi. The first-order chi connectivity index (χ1) is 3.73. The highest BCUT2D eigenvalue weighted by Gasteiger charge is 2.04. The zero-order valence-electron chi connectivity index (χ0n) is 6.16. The average molecular weight is 187 g/mol. The van der Waals surface area contributed by atoms with Crippen molar-refractivity contribution in [3.05, 3.63) is 0 Å². The lowest BCUT2D eigenvalue weighted by Gasteiger charge is -1.97. The molecule has 0 aromatic rings. The summed E-state index contributed by atoms with van der Waals surface area (Å²) in [5.74, 6) is 0. The highest BCUT2D eigenvalue weighted by atomic mass is 35.6. The minimum Gasteiger partial charge on any atom is -0.282 e. The Kier molecular flexibility index (Phi) is 7.12. The van der Waals surface area contributed by atoms with Crippen molar-refractivity contribution in [3.63, 3.8) is 0 Å². The van der Waals surface area contributed by atoms with Gasteiger partial charge in [0.1, 0.15) is 7.38 Å². The van der Waals surface area contributed by atoms with Gasteiger partial charge in [-0.25, -0.2) is 0 Å². The molecule has 0 aromatic carbocycles. The first-order valence-electron chi connectivity index (χ1n) is 2.58. The van der Waals surface area contributed by atoms with Crippen molar-refractivity contribution in [3.8, 4) is 0 Å². The van der Waals surface area contributed by atoms with Crippen LogP contribution in [0.2, 0.25) is 19.6 Å². The Morgan fingerprint density at radius 2 is 1.33 bits per heavy atom. The highest BCUT2D eigenvalue weighted by Crippen LogP contribution is 2.03. The molecule has 0 amide bonds. The Bertz CT molecular complexity index is 77.4. The maximum Gasteiger partial charge on any atom is 0.218 e. The number of hydrogen-bond donors (Lipinski definition) is 0. The Balaban J connectivity index is 0.